The minimum Gasteiger partial charge on any atom is -0.385 e. The number of methoxy groups -OCH3 is 1. The molecule has 1 saturated carbocycles. The fraction of sp³-hybridized carbons (Fsp3) is 0.944. The highest BCUT2D eigenvalue weighted by molar-refractivity contribution is 5.79. The Morgan fingerprint density at radius 1 is 1.25 bits per heavy atom. The second kappa shape index (κ2) is 9.02. The van der Waals surface area contributed by atoms with Crippen LogP contribution >= 0.6 is 0 Å². The van der Waals surface area contributed by atoms with Gasteiger partial charge in [-0.2, -0.15) is 0 Å². The molecule has 0 atom stereocenters. The van der Waals surface area contributed by atoms with E-state index in [-0.39, 0.29) is 5.54 Å². The molecule has 2 aliphatic rings. The lowest BCUT2D eigenvalue weighted by atomic mass is 9.67. The first kappa shape index (κ1) is 19.5. The smallest absolute Gasteiger partial charge is 0.191 e. The van der Waals surface area contributed by atoms with Gasteiger partial charge in [-0.15, -0.1) is 0 Å². The second-order valence-electron chi connectivity index (χ2n) is 7.79. The summed E-state index contributed by atoms with van der Waals surface area (Å²) >= 11 is 0. The molecular weight excluding hydrogens is 304 g/mol. The third-order valence-electron chi connectivity index (χ3n) is 5.66. The van der Waals surface area contributed by atoms with Crippen LogP contribution in [0.3, 0.4) is 0 Å². The van der Waals surface area contributed by atoms with Crippen molar-refractivity contribution >= 4 is 5.96 Å². The molecule has 2 fully saturated rings. The average Bonchev–Trinajstić information content (AvgIpc) is 2.57. The minimum atomic E-state index is 0.0889. The van der Waals surface area contributed by atoms with Crippen LogP contribution in [0, 0.1) is 5.41 Å². The average molecular weight is 341 g/mol. The summed E-state index contributed by atoms with van der Waals surface area (Å²) in [4.78, 5) is 6.89. The summed E-state index contributed by atoms with van der Waals surface area (Å²) in [7, 11) is 3.63. The summed E-state index contributed by atoms with van der Waals surface area (Å²) in [5, 5.41) is 7.05. The van der Waals surface area contributed by atoms with E-state index >= 15 is 0 Å². The molecule has 24 heavy (non-hydrogen) atoms. The molecule has 0 aromatic heterocycles. The van der Waals surface area contributed by atoms with E-state index in [1.54, 1.807) is 7.11 Å². The van der Waals surface area contributed by atoms with Gasteiger partial charge in [0, 0.05) is 52.5 Å². The number of morpholine rings is 1. The molecule has 6 heteroatoms. The van der Waals surface area contributed by atoms with Crippen molar-refractivity contribution in [2.75, 3.05) is 60.2 Å². The molecule has 0 unspecified atom stereocenters. The molecule has 1 aliphatic heterocycles. The molecule has 1 aliphatic carbocycles. The summed E-state index contributed by atoms with van der Waals surface area (Å²) < 4.78 is 10.7. The summed E-state index contributed by atoms with van der Waals surface area (Å²) in [5.74, 6) is 0.903. The maximum Gasteiger partial charge on any atom is 0.191 e. The van der Waals surface area contributed by atoms with Crippen LogP contribution in [0.1, 0.15) is 39.5 Å². The predicted molar refractivity (Wildman–Crippen MR) is 98.6 cm³/mol. The van der Waals surface area contributed by atoms with E-state index in [4.69, 9.17) is 9.47 Å². The molecule has 0 bridgehead atoms. The van der Waals surface area contributed by atoms with Crippen LogP contribution in [0.25, 0.3) is 0 Å². The molecule has 0 aromatic carbocycles. The van der Waals surface area contributed by atoms with Crippen molar-refractivity contribution in [2.45, 2.75) is 45.1 Å². The van der Waals surface area contributed by atoms with Crippen LogP contribution in [-0.4, -0.2) is 76.6 Å². The Kier molecular flexibility index (Phi) is 7.32. The highest BCUT2D eigenvalue weighted by Gasteiger charge is 2.36. The molecule has 6 nitrogen and oxygen atoms in total. The number of nitrogens with one attached hydrogen (secondary N) is 2. The SMILES string of the molecule is CN=C(NCC1(CCOC)CCC1)NCC(C)(C)N1CCOCC1. The van der Waals surface area contributed by atoms with Gasteiger partial charge >= 0.3 is 0 Å². The van der Waals surface area contributed by atoms with E-state index in [0.717, 1.165) is 58.4 Å². The molecule has 2 N–H and O–H groups in total. The van der Waals surface area contributed by atoms with Gasteiger partial charge in [0.05, 0.1) is 13.2 Å². The van der Waals surface area contributed by atoms with Crippen molar-refractivity contribution in [3.05, 3.63) is 0 Å². The molecular formula is C18H36N4O2. The van der Waals surface area contributed by atoms with E-state index < -0.39 is 0 Å². The summed E-state index contributed by atoms with van der Waals surface area (Å²) in [5.41, 5.74) is 0.485. The van der Waals surface area contributed by atoms with Crippen LogP contribution in [-0.2, 0) is 9.47 Å². The second-order valence-corrected chi connectivity index (χ2v) is 7.79. The Balaban J connectivity index is 1.77. The van der Waals surface area contributed by atoms with Crippen LogP contribution in [0.15, 0.2) is 4.99 Å². The van der Waals surface area contributed by atoms with E-state index in [1.807, 2.05) is 7.05 Å². The van der Waals surface area contributed by atoms with Crippen LogP contribution in [0.2, 0.25) is 0 Å². The summed E-state index contributed by atoms with van der Waals surface area (Å²) in [6.07, 6.45) is 5.05. The first-order chi connectivity index (χ1) is 11.5. The van der Waals surface area contributed by atoms with Gasteiger partial charge in [-0.05, 0) is 38.5 Å². The molecule has 0 spiro atoms. The molecule has 1 saturated heterocycles. The molecule has 0 aromatic rings. The first-order valence-corrected chi connectivity index (χ1v) is 9.28. The Morgan fingerprint density at radius 2 is 1.96 bits per heavy atom. The lowest BCUT2D eigenvalue weighted by Crippen LogP contribution is -2.57. The zero-order valence-corrected chi connectivity index (χ0v) is 16.0. The number of ether oxygens (including phenoxy) is 2. The topological polar surface area (TPSA) is 58.1 Å². The quantitative estimate of drug-likeness (QED) is 0.518. The fourth-order valence-electron chi connectivity index (χ4n) is 3.58. The molecule has 0 amide bonds. The van der Waals surface area contributed by atoms with Gasteiger partial charge in [0.1, 0.15) is 0 Å². The number of rotatable bonds is 8. The number of nitrogens with zero attached hydrogens (tertiary/aromatic N) is 2. The molecule has 0 radical (unpaired) electrons. The molecule has 2 rings (SSSR count). The number of hydrogen-bond acceptors (Lipinski definition) is 4. The van der Waals surface area contributed by atoms with Crippen molar-refractivity contribution in [1.29, 1.82) is 0 Å². The van der Waals surface area contributed by atoms with Crippen molar-refractivity contribution in [2.24, 2.45) is 10.4 Å². The fourth-order valence-corrected chi connectivity index (χ4v) is 3.58. The van der Waals surface area contributed by atoms with Crippen LogP contribution in [0.4, 0.5) is 0 Å². The highest BCUT2D eigenvalue weighted by Crippen LogP contribution is 2.43. The van der Waals surface area contributed by atoms with E-state index in [2.05, 4.69) is 34.4 Å². The van der Waals surface area contributed by atoms with Crippen LogP contribution < -0.4 is 10.6 Å². The maximum absolute atomic E-state index is 5.46. The van der Waals surface area contributed by atoms with Gasteiger partial charge in [-0.25, -0.2) is 0 Å². The van der Waals surface area contributed by atoms with E-state index in [0.29, 0.717) is 5.41 Å². The zero-order chi connectivity index (χ0) is 17.5. The standard InChI is InChI=1S/C18H36N4O2/c1-17(2,22-9-12-24-13-10-22)14-20-16(19-3)21-15-18(6-5-7-18)8-11-23-4/h5-15H2,1-4H3,(H2,19,20,21). The van der Waals surface area contributed by atoms with Gasteiger partial charge in [-0.1, -0.05) is 6.42 Å². The summed E-state index contributed by atoms with van der Waals surface area (Å²) in [6, 6.07) is 0. The molecule has 140 valence electrons. The Hall–Kier alpha value is -0.850. The Bertz CT molecular complexity index is 402. The van der Waals surface area contributed by atoms with Crippen molar-refractivity contribution in [3.63, 3.8) is 0 Å². The van der Waals surface area contributed by atoms with Gasteiger partial charge in [0.25, 0.3) is 0 Å². The number of hydrogen-bond donors (Lipinski definition) is 2. The first-order valence-electron chi connectivity index (χ1n) is 9.28. The van der Waals surface area contributed by atoms with Gasteiger partial charge < -0.3 is 20.1 Å². The van der Waals surface area contributed by atoms with Crippen molar-refractivity contribution in [1.82, 2.24) is 15.5 Å². The highest BCUT2D eigenvalue weighted by atomic mass is 16.5. The third kappa shape index (κ3) is 5.33. The van der Waals surface area contributed by atoms with E-state index in [1.165, 1.54) is 19.3 Å². The van der Waals surface area contributed by atoms with Gasteiger partial charge in [0.2, 0.25) is 0 Å². The van der Waals surface area contributed by atoms with Crippen molar-refractivity contribution < 1.29 is 9.47 Å². The minimum absolute atomic E-state index is 0.0889. The molecule has 1 heterocycles. The van der Waals surface area contributed by atoms with E-state index in [9.17, 15) is 0 Å². The Labute approximate surface area is 147 Å². The Morgan fingerprint density at radius 3 is 2.50 bits per heavy atom. The predicted octanol–water partition coefficient (Wildman–Crippen LogP) is 1.47. The monoisotopic (exact) mass is 340 g/mol. The third-order valence-corrected chi connectivity index (χ3v) is 5.66. The van der Waals surface area contributed by atoms with Gasteiger partial charge in [-0.3, -0.25) is 9.89 Å². The number of aliphatic imine (C=N–C) groups is 1. The maximum atomic E-state index is 5.46. The summed E-state index contributed by atoms with van der Waals surface area (Å²) in [6.45, 7) is 10.9. The lowest BCUT2D eigenvalue weighted by Gasteiger charge is -2.43. The van der Waals surface area contributed by atoms with Crippen LogP contribution in [0.5, 0.6) is 0 Å². The normalized spacial score (nSPS) is 22.1. The van der Waals surface area contributed by atoms with Crippen molar-refractivity contribution in [3.8, 4) is 0 Å². The lowest BCUT2D eigenvalue weighted by molar-refractivity contribution is -0.00837. The zero-order valence-electron chi connectivity index (χ0n) is 16.0. The largest absolute Gasteiger partial charge is 0.385 e. The number of guanidine groups is 1. The van der Waals surface area contributed by atoms with Gasteiger partial charge in [0.15, 0.2) is 5.96 Å².